The fraction of sp³-hybridized carbons (Fsp3) is 0. The van der Waals surface area contributed by atoms with Crippen LogP contribution in [0.4, 0.5) is 34.1 Å². The third-order valence-electron chi connectivity index (χ3n) is 3.98. The van der Waals surface area contributed by atoms with Gasteiger partial charge in [-0.1, -0.05) is 18.2 Å². The molecule has 3 aromatic rings. The van der Waals surface area contributed by atoms with Crippen molar-refractivity contribution in [1.82, 2.24) is 0 Å². The molecule has 3 aromatic carbocycles. The summed E-state index contributed by atoms with van der Waals surface area (Å²) in [5.74, 6) is 0. The van der Waals surface area contributed by atoms with Gasteiger partial charge in [-0.05, 0) is 36.4 Å². The van der Waals surface area contributed by atoms with Crippen LogP contribution in [0.25, 0.3) is 0 Å². The number of anilines is 4. The van der Waals surface area contributed by atoms with Crippen molar-refractivity contribution >= 4 is 44.2 Å². The Morgan fingerprint density at radius 2 is 1.42 bits per heavy atom. The van der Waals surface area contributed by atoms with Gasteiger partial charge in [0.05, 0.1) is 21.6 Å². The van der Waals surface area contributed by atoms with Crippen LogP contribution in [0.15, 0.2) is 71.6 Å². The van der Waals surface area contributed by atoms with Gasteiger partial charge in [-0.15, -0.1) is 0 Å². The van der Waals surface area contributed by atoms with Gasteiger partial charge in [0.1, 0.15) is 10.6 Å². The molecule has 156 valence electrons. The van der Waals surface area contributed by atoms with Gasteiger partial charge in [0.25, 0.3) is 21.5 Å². The molecule has 0 heterocycles. The Kier molecular flexibility index (Phi) is 7.70. The maximum absolute atomic E-state index is 11.8. The molecule has 0 unspecified atom stereocenters. The van der Waals surface area contributed by atoms with Crippen LogP contribution in [0.1, 0.15) is 1.43 Å². The maximum Gasteiger partial charge on any atom is 1.00 e. The molecular formula is C18H15N4NaO7S. The third-order valence-corrected chi connectivity index (χ3v) is 4.87. The number of nitro benzene ring substituents is 2. The molecule has 11 nitrogen and oxygen atoms in total. The van der Waals surface area contributed by atoms with E-state index < -0.39 is 36.2 Å². The molecule has 0 aromatic heterocycles. The first-order valence-electron chi connectivity index (χ1n) is 8.28. The van der Waals surface area contributed by atoms with Gasteiger partial charge in [-0.3, -0.25) is 24.8 Å². The van der Waals surface area contributed by atoms with E-state index in [1.807, 2.05) is 0 Å². The van der Waals surface area contributed by atoms with Gasteiger partial charge in [-0.25, -0.2) is 0 Å². The third kappa shape index (κ3) is 5.99. The summed E-state index contributed by atoms with van der Waals surface area (Å²) in [6, 6.07) is 15.5. The number of nitrogens with one attached hydrogen (secondary N) is 2. The van der Waals surface area contributed by atoms with E-state index in [9.17, 15) is 33.2 Å². The minimum Gasteiger partial charge on any atom is -1.00 e. The first-order chi connectivity index (χ1) is 14.1. The Labute approximate surface area is 199 Å². The van der Waals surface area contributed by atoms with Gasteiger partial charge in [0, 0.05) is 17.4 Å². The van der Waals surface area contributed by atoms with Gasteiger partial charge in [-0.2, -0.15) is 8.42 Å². The largest absolute Gasteiger partial charge is 1.00 e. The molecule has 0 atom stereocenters. The molecule has 3 N–H and O–H groups in total. The average molecular weight is 454 g/mol. The zero-order chi connectivity index (χ0) is 21.9. The number of hydrogen-bond donors (Lipinski definition) is 3. The smallest absolute Gasteiger partial charge is 1.00 e. The predicted molar refractivity (Wildman–Crippen MR) is 110 cm³/mol. The molecular weight excluding hydrogens is 439 g/mol. The second-order valence-electron chi connectivity index (χ2n) is 6.02. The minimum atomic E-state index is -4.64. The number of non-ortho nitro benzene ring substituents is 1. The minimum absolute atomic E-state index is 0. The Bertz CT molecular complexity index is 1240. The molecule has 31 heavy (non-hydrogen) atoms. The summed E-state index contributed by atoms with van der Waals surface area (Å²) < 4.78 is 33.3. The van der Waals surface area contributed by atoms with Crippen LogP contribution in [0.2, 0.25) is 0 Å². The van der Waals surface area contributed by atoms with Gasteiger partial charge >= 0.3 is 29.6 Å². The summed E-state index contributed by atoms with van der Waals surface area (Å²) in [5, 5.41) is 27.6. The van der Waals surface area contributed by atoms with Crippen molar-refractivity contribution in [3.05, 3.63) is 87.0 Å². The van der Waals surface area contributed by atoms with E-state index in [-0.39, 0.29) is 48.0 Å². The summed E-state index contributed by atoms with van der Waals surface area (Å²) >= 11 is 0. The Balaban J connectivity index is 0.00000256. The first kappa shape index (κ1) is 24.2. The molecule has 0 aliphatic carbocycles. The molecule has 0 aliphatic rings. The van der Waals surface area contributed by atoms with Gasteiger partial charge < -0.3 is 12.1 Å². The van der Waals surface area contributed by atoms with E-state index in [0.29, 0.717) is 5.69 Å². The van der Waals surface area contributed by atoms with Crippen molar-refractivity contribution in [3.8, 4) is 0 Å². The van der Waals surface area contributed by atoms with Crippen LogP contribution >= 0.6 is 0 Å². The van der Waals surface area contributed by atoms with Crippen molar-refractivity contribution in [3.63, 3.8) is 0 Å². The normalized spacial score (nSPS) is 10.6. The Morgan fingerprint density at radius 1 is 0.806 bits per heavy atom. The average Bonchev–Trinajstić information content (AvgIpc) is 2.69. The van der Waals surface area contributed by atoms with Crippen LogP contribution in [-0.2, 0) is 10.1 Å². The zero-order valence-corrected chi connectivity index (χ0v) is 18.9. The number of nitro groups is 2. The zero-order valence-electron chi connectivity index (χ0n) is 17.1. The molecule has 3 rings (SSSR count). The second-order valence-corrected chi connectivity index (χ2v) is 7.41. The molecule has 0 saturated heterocycles. The van der Waals surface area contributed by atoms with Crippen molar-refractivity contribution in [1.29, 1.82) is 0 Å². The number of rotatable bonds is 7. The Hall–Kier alpha value is -3.03. The number of benzene rings is 3. The summed E-state index contributed by atoms with van der Waals surface area (Å²) in [5.41, 5.74) is -0.340. The van der Waals surface area contributed by atoms with E-state index >= 15 is 0 Å². The SMILES string of the molecule is O=[N+]([O-])c1ccc(Nc2ccc(Nc3ccccc3)c(S(=O)(=O)O)c2)c([N+](=O)[O-])c1.[H-].[Na+]. The molecule has 0 bridgehead atoms. The van der Waals surface area contributed by atoms with Crippen LogP contribution in [-0.4, -0.2) is 22.8 Å². The molecule has 0 aliphatic heterocycles. The van der Waals surface area contributed by atoms with Crippen LogP contribution in [0.3, 0.4) is 0 Å². The van der Waals surface area contributed by atoms with E-state index in [2.05, 4.69) is 10.6 Å². The molecule has 0 spiro atoms. The number of hydrogen-bond acceptors (Lipinski definition) is 8. The van der Waals surface area contributed by atoms with Gasteiger partial charge in [0.15, 0.2) is 0 Å². The van der Waals surface area contributed by atoms with E-state index in [1.165, 1.54) is 12.1 Å². The van der Waals surface area contributed by atoms with Crippen molar-refractivity contribution in [2.24, 2.45) is 0 Å². The van der Waals surface area contributed by atoms with Crippen LogP contribution < -0.4 is 40.2 Å². The van der Waals surface area contributed by atoms with E-state index in [1.54, 1.807) is 30.3 Å². The quantitative estimate of drug-likeness (QED) is 0.207. The van der Waals surface area contributed by atoms with E-state index in [0.717, 1.165) is 24.3 Å². The maximum atomic E-state index is 11.8. The van der Waals surface area contributed by atoms with Crippen LogP contribution in [0.5, 0.6) is 0 Å². The molecule has 0 saturated carbocycles. The first-order valence-corrected chi connectivity index (χ1v) is 9.72. The number of para-hydroxylation sites is 1. The Morgan fingerprint density at radius 3 is 2.00 bits per heavy atom. The van der Waals surface area contributed by atoms with Crippen molar-refractivity contribution in [2.75, 3.05) is 10.6 Å². The summed E-state index contributed by atoms with van der Waals surface area (Å²) in [7, 11) is -4.64. The van der Waals surface area contributed by atoms with Gasteiger partial charge in [0.2, 0.25) is 0 Å². The topological polar surface area (TPSA) is 165 Å². The molecule has 13 heteroatoms. The van der Waals surface area contributed by atoms with Crippen LogP contribution in [0, 0.1) is 20.2 Å². The van der Waals surface area contributed by atoms with Crippen molar-refractivity contribution in [2.45, 2.75) is 4.90 Å². The number of nitrogens with zero attached hydrogens (tertiary/aromatic N) is 2. The van der Waals surface area contributed by atoms with E-state index in [4.69, 9.17) is 0 Å². The second kappa shape index (κ2) is 9.85. The standard InChI is InChI=1S/C18H14N4O7S.Na.H/c23-21(24)14-7-9-15(17(11-14)22(25)26)20-13-6-8-16(18(10-13)30(27,28)29)19-12-4-2-1-3-5-12;;/h1-11,19-20H,(H,27,28,29);;/q;+1;-1. The fourth-order valence-corrected chi connectivity index (χ4v) is 3.31. The summed E-state index contributed by atoms with van der Waals surface area (Å²) in [4.78, 5) is 20.1. The summed E-state index contributed by atoms with van der Waals surface area (Å²) in [6.07, 6.45) is 0. The summed E-state index contributed by atoms with van der Waals surface area (Å²) in [6.45, 7) is 0. The molecule has 0 radical (unpaired) electrons. The predicted octanol–water partition coefficient (Wildman–Crippen LogP) is 1.35. The fourth-order valence-electron chi connectivity index (χ4n) is 2.64. The monoisotopic (exact) mass is 454 g/mol. The molecule has 0 amide bonds. The molecule has 0 fully saturated rings. The van der Waals surface area contributed by atoms with Crippen molar-refractivity contribution < 1.29 is 53.8 Å².